The van der Waals surface area contributed by atoms with Crippen LogP contribution >= 0.6 is 0 Å². The van der Waals surface area contributed by atoms with Crippen LogP contribution in [0.4, 0.5) is 5.82 Å². The standard InChI is InChI=1S/C20H26N6O2/c1-4-25-10-5-6-14(13-25)24(2)20-19-21-9-11-26(19)18(22-23-20)16-8-7-15(28-3)12-17(16)27/h7-9,11-12,14,27H,4-6,10,13H2,1-3H3. The third-order valence-electron chi connectivity index (χ3n) is 5.56. The second-order valence-electron chi connectivity index (χ2n) is 7.15. The molecule has 1 atom stereocenters. The predicted octanol–water partition coefficient (Wildman–Crippen LogP) is 2.43. The lowest BCUT2D eigenvalue weighted by Gasteiger charge is -2.37. The number of aromatic nitrogens is 4. The van der Waals surface area contributed by atoms with Gasteiger partial charge in [0.15, 0.2) is 17.3 Å². The van der Waals surface area contributed by atoms with Gasteiger partial charge in [-0.15, -0.1) is 10.2 Å². The second-order valence-corrected chi connectivity index (χ2v) is 7.15. The molecule has 3 aromatic rings. The third-order valence-corrected chi connectivity index (χ3v) is 5.56. The number of benzene rings is 1. The van der Waals surface area contributed by atoms with E-state index in [1.807, 2.05) is 10.6 Å². The summed E-state index contributed by atoms with van der Waals surface area (Å²) >= 11 is 0. The highest BCUT2D eigenvalue weighted by Crippen LogP contribution is 2.33. The average molecular weight is 382 g/mol. The molecule has 0 spiro atoms. The first-order valence-corrected chi connectivity index (χ1v) is 9.64. The Morgan fingerprint density at radius 3 is 2.93 bits per heavy atom. The van der Waals surface area contributed by atoms with Gasteiger partial charge in [-0.25, -0.2) is 4.98 Å². The smallest absolute Gasteiger partial charge is 0.195 e. The first-order chi connectivity index (χ1) is 13.6. The zero-order valence-corrected chi connectivity index (χ0v) is 16.5. The van der Waals surface area contributed by atoms with Crippen LogP contribution in [0.2, 0.25) is 0 Å². The van der Waals surface area contributed by atoms with Gasteiger partial charge in [-0.3, -0.25) is 4.40 Å². The second kappa shape index (κ2) is 7.63. The summed E-state index contributed by atoms with van der Waals surface area (Å²) in [5, 5.41) is 19.3. The van der Waals surface area contributed by atoms with Gasteiger partial charge in [0, 0.05) is 38.1 Å². The fourth-order valence-electron chi connectivity index (χ4n) is 3.87. The van der Waals surface area contributed by atoms with Gasteiger partial charge in [-0.1, -0.05) is 6.92 Å². The van der Waals surface area contributed by atoms with E-state index in [0.29, 0.717) is 23.2 Å². The molecule has 1 N–H and O–H groups in total. The lowest BCUT2D eigenvalue weighted by atomic mass is 10.0. The largest absolute Gasteiger partial charge is 0.507 e. The van der Waals surface area contributed by atoms with E-state index in [1.165, 1.54) is 6.42 Å². The molecular weight excluding hydrogens is 356 g/mol. The average Bonchev–Trinajstić information content (AvgIpc) is 3.22. The number of rotatable bonds is 5. The molecule has 3 heterocycles. The minimum Gasteiger partial charge on any atom is -0.507 e. The molecule has 1 aliphatic rings. The van der Waals surface area contributed by atoms with Crippen LogP contribution in [0.1, 0.15) is 19.8 Å². The molecule has 0 saturated carbocycles. The van der Waals surface area contributed by atoms with E-state index < -0.39 is 0 Å². The Morgan fingerprint density at radius 1 is 1.32 bits per heavy atom. The molecular formula is C20H26N6O2. The van der Waals surface area contributed by atoms with Gasteiger partial charge in [0.25, 0.3) is 0 Å². The summed E-state index contributed by atoms with van der Waals surface area (Å²) < 4.78 is 7.04. The summed E-state index contributed by atoms with van der Waals surface area (Å²) in [7, 11) is 3.63. The van der Waals surface area contributed by atoms with Gasteiger partial charge in [0.2, 0.25) is 0 Å². The van der Waals surface area contributed by atoms with Crippen molar-refractivity contribution in [2.45, 2.75) is 25.8 Å². The number of phenolic OH excluding ortho intramolecular Hbond substituents is 1. The first kappa shape index (κ1) is 18.5. The summed E-state index contributed by atoms with van der Waals surface area (Å²) in [5.74, 6) is 1.98. The fraction of sp³-hybridized carbons (Fsp3) is 0.450. The summed E-state index contributed by atoms with van der Waals surface area (Å²) in [6.45, 7) is 5.43. The quantitative estimate of drug-likeness (QED) is 0.726. The highest BCUT2D eigenvalue weighted by atomic mass is 16.5. The van der Waals surface area contributed by atoms with Crippen molar-refractivity contribution >= 4 is 11.5 Å². The van der Waals surface area contributed by atoms with Crippen molar-refractivity contribution in [3.63, 3.8) is 0 Å². The van der Waals surface area contributed by atoms with E-state index in [0.717, 1.165) is 37.5 Å². The molecule has 8 heteroatoms. The van der Waals surface area contributed by atoms with Gasteiger partial charge in [0.1, 0.15) is 11.5 Å². The van der Waals surface area contributed by atoms with Gasteiger partial charge in [0.05, 0.1) is 12.7 Å². The van der Waals surface area contributed by atoms with Crippen LogP contribution in [-0.4, -0.2) is 69.4 Å². The van der Waals surface area contributed by atoms with Crippen molar-refractivity contribution in [1.29, 1.82) is 0 Å². The van der Waals surface area contributed by atoms with Crippen LogP contribution in [0.25, 0.3) is 17.0 Å². The normalized spacial score (nSPS) is 17.8. The summed E-state index contributed by atoms with van der Waals surface area (Å²) in [5.41, 5.74) is 1.32. The molecule has 1 fully saturated rings. The Hall–Kier alpha value is -2.87. The van der Waals surface area contributed by atoms with Gasteiger partial charge in [-0.05, 0) is 38.1 Å². The molecule has 0 aliphatic carbocycles. The lowest BCUT2D eigenvalue weighted by Crippen LogP contribution is -2.46. The number of anilines is 1. The lowest BCUT2D eigenvalue weighted by molar-refractivity contribution is 0.215. The number of aromatic hydroxyl groups is 1. The molecule has 8 nitrogen and oxygen atoms in total. The molecule has 28 heavy (non-hydrogen) atoms. The molecule has 4 rings (SSSR count). The number of likely N-dealkylation sites (tertiary alicyclic amines) is 1. The number of ether oxygens (including phenoxy) is 1. The Kier molecular flexibility index (Phi) is 5.04. The van der Waals surface area contributed by atoms with Crippen molar-refractivity contribution in [2.24, 2.45) is 0 Å². The maximum atomic E-state index is 10.4. The Morgan fingerprint density at radius 2 is 2.18 bits per heavy atom. The SMILES string of the molecule is CCN1CCCC(N(C)c2nnc(-c3ccc(OC)cc3O)n3ccnc23)C1. The minimum atomic E-state index is 0.0932. The number of fused-ring (bicyclic) bond motifs is 1. The van der Waals surface area contributed by atoms with E-state index in [4.69, 9.17) is 4.74 Å². The summed E-state index contributed by atoms with van der Waals surface area (Å²) in [6.07, 6.45) is 5.89. The number of methoxy groups -OCH3 is 1. The molecule has 1 unspecified atom stereocenters. The molecule has 0 amide bonds. The van der Waals surface area contributed by atoms with Crippen LogP contribution in [0.3, 0.4) is 0 Å². The van der Waals surface area contributed by atoms with E-state index >= 15 is 0 Å². The van der Waals surface area contributed by atoms with Crippen molar-refractivity contribution in [3.8, 4) is 22.9 Å². The number of nitrogens with zero attached hydrogens (tertiary/aromatic N) is 6. The van der Waals surface area contributed by atoms with Gasteiger partial charge < -0.3 is 19.6 Å². The van der Waals surface area contributed by atoms with E-state index in [2.05, 4.69) is 39.0 Å². The number of imidazole rings is 1. The summed E-state index contributed by atoms with van der Waals surface area (Å²) in [4.78, 5) is 9.17. The number of phenols is 1. The zero-order chi connectivity index (χ0) is 19.7. The molecule has 1 aliphatic heterocycles. The fourth-order valence-corrected chi connectivity index (χ4v) is 3.87. The summed E-state index contributed by atoms with van der Waals surface area (Å²) in [6, 6.07) is 5.52. The number of hydrogen-bond donors (Lipinski definition) is 1. The van der Waals surface area contributed by atoms with Crippen LogP contribution < -0.4 is 9.64 Å². The van der Waals surface area contributed by atoms with Crippen LogP contribution in [0, 0.1) is 0 Å². The maximum absolute atomic E-state index is 10.4. The van der Waals surface area contributed by atoms with Crippen LogP contribution in [0.5, 0.6) is 11.5 Å². The minimum absolute atomic E-state index is 0.0932. The van der Waals surface area contributed by atoms with E-state index in [-0.39, 0.29) is 5.75 Å². The maximum Gasteiger partial charge on any atom is 0.195 e. The van der Waals surface area contributed by atoms with E-state index in [9.17, 15) is 5.11 Å². The molecule has 0 radical (unpaired) electrons. The number of likely N-dealkylation sites (N-methyl/N-ethyl adjacent to an activating group) is 2. The molecule has 2 aromatic heterocycles. The molecule has 148 valence electrons. The van der Waals surface area contributed by atoms with Crippen molar-refractivity contribution in [1.82, 2.24) is 24.5 Å². The number of hydrogen-bond acceptors (Lipinski definition) is 7. The Balaban J connectivity index is 1.72. The van der Waals surface area contributed by atoms with Gasteiger partial charge >= 0.3 is 0 Å². The van der Waals surface area contributed by atoms with Crippen LogP contribution in [0.15, 0.2) is 30.6 Å². The predicted molar refractivity (Wildman–Crippen MR) is 108 cm³/mol. The van der Waals surface area contributed by atoms with Gasteiger partial charge in [-0.2, -0.15) is 0 Å². The Bertz CT molecular complexity index is 972. The first-order valence-electron chi connectivity index (χ1n) is 9.64. The number of piperidine rings is 1. The van der Waals surface area contributed by atoms with Crippen LogP contribution in [-0.2, 0) is 0 Å². The topological polar surface area (TPSA) is 79.0 Å². The highest BCUT2D eigenvalue weighted by molar-refractivity contribution is 5.72. The third kappa shape index (κ3) is 3.24. The molecule has 0 bridgehead atoms. The molecule has 1 aromatic carbocycles. The monoisotopic (exact) mass is 382 g/mol. The van der Waals surface area contributed by atoms with E-state index in [1.54, 1.807) is 31.5 Å². The van der Waals surface area contributed by atoms with Crippen molar-refractivity contribution in [3.05, 3.63) is 30.6 Å². The highest BCUT2D eigenvalue weighted by Gasteiger charge is 2.26. The molecule has 1 saturated heterocycles. The Labute approximate surface area is 164 Å². The zero-order valence-electron chi connectivity index (χ0n) is 16.5. The van der Waals surface area contributed by atoms with Crippen molar-refractivity contribution in [2.75, 3.05) is 38.7 Å². The van der Waals surface area contributed by atoms with Crippen molar-refractivity contribution < 1.29 is 9.84 Å².